The summed E-state index contributed by atoms with van der Waals surface area (Å²) in [5.74, 6) is 2.34. The van der Waals surface area contributed by atoms with Gasteiger partial charge in [-0.05, 0) is 73.7 Å². The second-order valence-electron chi connectivity index (χ2n) is 6.78. The Balaban J connectivity index is 2.26. The third-order valence-corrected chi connectivity index (χ3v) is 5.55. The number of halogens is 2. The minimum Gasteiger partial charge on any atom is -0.310 e. The molecule has 0 aliphatic heterocycles. The molecular weight excluding hydrogens is 346 g/mol. The molecule has 0 amide bonds. The zero-order valence-electron chi connectivity index (χ0n) is 13.3. The van der Waals surface area contributed by atoms with Crippen LogP contribution in [0.3, 0.4) is 0 Å². The first-order chi connectivity index (χ1) is 10.0. The molecule has 0 aromatic heterocycles. The van der Waals surface area contributed by atoms with Crippen LogP contribution in [-0.4, -0.2) is 6.54 Å². The van der Waals surface area contributed by atoms with Crippen molar-refractivity contribution in [2.45, 2.75) is 52.5 Å². The Kier molecular flexibility index (Phi) is 6.58. The van der Waals surface area contributed by atoms with Gasteiger partial charge in [-0.1, -0.05) is 48.3 Å². The summed E-state index contributed by atoms with van der Waals surface area (Å²) in [5, 5.41) is 4.60. The quantitative estimate of drug-likeness (QED) is 0.647. The summed E-state index contributed by atoms with van der Waals surface area (Å²) in [7, 11) is 0. The van der Waals surface area contributed by atoms with E-state index in [1.807, 2.05) is 6.07 Å². The minimum absolute atomic E-state index is 0.406. The zero-order chi connectivity index (χ0) is 15.4. The van der Waals surface area contributed by atoms with Gasteiger partial charge in [-0.3, -0.25) is 0 Å². The van der Waals surface area contributed by atoms with Crippen molar-refractivity contribution in [3.63, 3.8) is 0 Å². The smallest absolute Gasteiger partial charge is 0.0410 e. The second-order valence-corrected chi connectivity index (χ2v) is 8.07. The van der Waals surface area contributed by atoms with E-state index in [-0.39, 0.29) is 0 Å². The highest BCUT2D eigenvalue weighted by molar-refractivity contribution is 9.10. The average Bonchev–Trinajstić information content (AvgIpc) is 2.42. The van der Waals surface area contributed by atoms with Crippen molar-refractivity contribution in [3.05, 3.63) is 33.3 Å². The predicted octanol–water partition coefficient (Wildman–Crippen LogP) is 6.22. The fourth-order valence-corrected chi connectivity index (χ4v) is 4.54. The summed E-state index contributed by atoms with van der Waals surface area (Å²) < 4.78 is 1.17. The molecule has 0 bridgehead atoms. The molecule has 1 aromatic rings. The lowest BCUT2D eigenvalue weighted by atomic mass is 9.72. The Bertz CT molecular complexity index is 453. The van der Waals surface area contributed by atoms with Crippen molar-refractivity contribution in [1.82, 2.24) is 5.32 Å². The van der Waals surface area contributed by atoms with Crippen molar-refractivity contribution >= 4 is 27.5 Å². The Morgan fingerprint density at radius 3 is 2.52 bits per heavy atom. The summed E-state index contributed by atoms with van der Waals surface area (Å²) in [4.78, 5) is 0. The van der Waals surface area contributed by atoms with Crippen LogP contribution in [0.5, 0.6) is 0 Å². The van der Waals surface area contributed by atoms with Gasteiger partial charge in [0.25, 0.3) is 0 Å². The fraction of sp³-hybridized carbons (Fsp3) is 0.667. The van der Waals surface area contributed by atoms with Gasteiger partial charge in [-0.2, -0.15) is 0 Å². The molecule has 3 unspecified atom stereocenters. The molecule has 1 fully saturated rings. The molecular formula is C18H27BrClN. The highest BCUT2D eigenvalue weighted by Gasteiger charge is 2.31. The first-order valence-corrected chi connectivity index (χ1v) is 9.36. The van der Waals surface area contributed by atoms with E-state index in [9.17, 15) is 0 Å². The predicted molar refractivity (Wildman–Crippen MR) is 95.9 cm³/mol. The van der Waals surface area contributed by atoms with E-state index in [1.165, 1.54) is 29.3 Å². The van der Waals surface area contributed by atoms with Gasteiger partial charge < -0.3 is 5.32 Å². The highest BCUT2D eigenvalue weighted by atomic mass is 79.9. The van der Waals surface area contributed by atoms with E-state index in [4.69, 9.17) is 11.6 Å². The van der Waals surface area contributed by atoms with Crippen LogP contribution in [0.25, 0.3) is 0 Å². The molecule has 2 rings (SSSR count). The maximum Gasteiger partial charge on any atom is 0.0410 e. The monoisotopic (exact) mass is 371 g/mol. The van der Waals surface area contributed by atoms with Crippen molar-refractivity contribution in [2.75, 3.05) is 6.54 Å². The van der Waals surface area contributed by atoms with Gasteiger partial charge in [-0.25, -0.2) is 0 Å². The Morgan fingerprint density at radius 2 is 1.90 bits per heavy atom. The molecule has 1 saturated carbocycles. The molecule has 0 heterocycles. The van der Waals surface area contributed by atoms with Crippen LogP contribution in [-0.2, 0) is 0 Å². The molecule has 21 heavy (non-hydrogen) atoms. The molecule has 1 nitrogen and oxygen atoms in total. The summed E-state index contributed by atoms with van der Waals surface area (Å²) in [6.07, 6.45) is 5.15. The average molecular weight is 373 g/mol. The lowest BCUT2D eigenvalue weighted by Crippen LogP contribution is -2.34. The van der Waals surface area contributed by atoms with Gasteiger partial charge in [0.1, 0.15) is 0 Å². The van der Waals surface area contributed by atoms with E-state index in [1.54, 1.807) is 0 Å². The van der Waals surface area contributed by atoms with E-state index >= 15 is 0 Å². The first kappa shape index (κ1) is 17.3. The van der Waals surface area contributed by atoms with Crippen molar-refractivity contribution in [2.24, 2.45) is 17.8 Å². The van der Waals surface area contributed by atoms with Crippen molar-refractivity contribution in [3.8, 4) is 0 Å². The number of nitrogens with one attached hydrogen (secondary N) is 1. The van der Waals surface area contributed by atoms with E-state index < -0.39 is 0 Å². The van der Waals surface area contributed by atoms with Crippen LogP contribution in [0.4, 0.5) is 0 Å². The van der Waals surface area contributed by atoms with E-state index in [0.717, 1.165) is 29.8 Å². The zero-order valence-corrected chi connectivity index (χ0v) is 15.7. The molecule has 0 saturated heterocycles. The molecule has 1 aliphatic carbocycles. The van der Waals surface area contributed by atoms with E-state index in [0.29, 0.717) is 12.0 Å². The maximum atomic E-state index is 6.24. The summed E-state index contributed by atoms with van der Waals surface area (Å²) in [6, 6.07) is 6.57. The number of hydrogen-bond donors (Lipinski definition) is 1. The van der Waals surface area contributed by atoms with Crippen LogP contribution in [0.1, 0.15) is 58.1 Å². The molecule has 118 valence electrons. The van der Waals surface area contributed by atoms with Crippen LogP contribution in [0.15, 0.2) is 22.7 Å². The minimum atomic E-state index is 0.406. The molecule has 0 radical (unpaired) electrons. The lowest BCUT2D eigenvalue weighted by Gasteiger charge is -2.37. The highest BCUT2D eigenvalue weighted by Crippen LogP contribution is 2.42. The molecule has 3 heteroatoms. The third kappa shape index (κ3) is 4.71. The Morgan fingerprint density at radius 1 is 1.24 bits per heavy atom. The Labute approximate surface area is 143 Å². The lowest BCUT2D eigenvalue weighted by molar-refractivity contribution is 0.176. The van der Waals surface area contributed by atoms with E-state index in [2.05, 4.69) is 54.2 Å². The third-order valence-electron chi connectivity index (χ3n) is 4.59. The van der Waals surface area contributed by atoms with Crippen LogP contribution < -0.4 is 5.32 Å². The second kappa shape index (κ2) is 7.99. The molecule has 1 N–H and O–H groups in total. The van der Waals surface area contributed by atoms with Crippen molar-refractivity contribution in [1.29, 1.82) is 0 Å². The van der Waals surface area contributed by atoms with Gasteiger partial charge in [0, 0.05) is 15.5 Å². The summed E-state index contributed by atoms with van der Waals surface area (Å²) in [5.41, 5.74) is 1.32. The van der Waals surface area contributed by atoms with Crippen LogP contribution in [0.2, 0.25) is 5.02 Å². The van der Waals surface area contributed by atoms with Gasteiger partial charge in [-0.15, -0.1) is 0 Å². The van der Waals surface area contributed by atoms with Gasteiger partial charge >= 0.3 is 0 Å². The van der Waals surface area contributed by atoms with Gasteiger partial charge in [0.15, 0.2) is 0 Å². The van der Waals surface area contributed by atoms with Gasteiger partial charge in [0.2, 0.25) is 0 Å². The molecule has 3 atom stereocenters. The number of hydrogen-bond acceptors (Lipinski definition) is 1. The largest absolute Gasteiger partial charge is 0.310 e. The Hall–Kier alpha value is -0.0500. The van der Waals surface area contributed by atoms with Gasteiger partial charge in [0.05, 0.1) is 0 Å². The molecule has 1 aromatic carbocycles. The maximum absolute atomic E-state index is 6.24. The standard InChI is InChI=1S/C18H27BrClN/c1-4-7-21-18(14-9-12(2)8-13(3)10-14)16-11-15(20)5-6-17(16)19/h5-6,11-14,18,21H,4,7-10H2,1-3H3. The van der Waals surface area contributed by atoms with Crippen molar-refractivity contribution < 1.29 is 0 Å². The number of rotatable bonds is 5. The summed E-state index contributed by atoms with van der Waals surface area (Å²) >= 11 is 9.96. The van der Waals surface area contributed by atoms with Crippen LogP contribution in [0, 0.1) is 17.8 Å². The van der Waals surface area contributed by atoms with Crippen LogP contribution >= 0.6 is 27.5 Å². The topological polar surface area (TPSA) is 12.0 Å². The SMILES string of the molecule is CCCNC(c1cc(Cl)ccc1Br)C1CC(C)CC(C)C1. The first-order valence-electron chi connectivity index (χ1n) is 8.19. The summed E-state index contributed by atoms with van der Waals surface area (Å²) in [6.45, 7) is 8.07. The fourth-order valence-electron chi connectivity index (χ4n) is 3.86. The number of benzene rings is 1. The normalized spacial score (nSPS) is 27.6. The molecule has 0 spiro atoms. The molecule has 1 aliphatic rings.